The standard InChI is InChI=1S/C26H38N2O4/c1-23(2)15-9-11-25(23,19(29)13-15)21(31)27-17-7-5-6-8-18(17)28-22(32)26-12-10-16(14-20(26)30)24(26,3)4/h15-18H,5-14H2,1-4H3,(H,27,31)(H,28,32)/t15-,16-,17-,18+,25+,26+/m1/s1. The Bertz CT molecular complexity index is 820. The van der Waals surface area contributed by atoms with E-state index in [1.807, 2.05) is 0 Å². The number of ketones is 2. The van der Waals surface area contributed by atoms with Crippen molar-refractivity contribution in [3.63, 3.8) is 0 Å². The van der Waals surface area contributed by atoms with E-state index in [2.05, 4.69) is 38.3 Å². The fraction of sp³-hybridized carbons (Fsp3) is 0.846. The molecule has 0 aromatic carbocycles. The fourth-order valence-corrected chi connectivity index (χ4v) is 8.48. The highest BCUT2D eigenvalue weighted by atomic mass is 16.2. The third-order valence-corrected chi connectivity index (χ3v) is 11.0. The minimum absolute atomic E-state index is 0.0850. The van der Waals surface area contributed by atoms with Crippen molar-refractivity contribution >= 4 is 23.4 Å². The van der Waals surface area contributed by atoms with Crippen molar-refractivity contribution in [2.75, 3.05) is 0 Å². The maximum Gasteiger partial charge on any atom is 0.234 e. The normalized spacial score (nSPS) is 43.5. The van der Waals surface area contributed by atoms with Gasteiger partial charge in [0.1, 0.15) is 22.4 Å². The van der Waals surface area contributed by atoms with Crippen LogP contribution in [0.1, 0.15) is 91.9 Å². The number of Topliss-reactive ketones (excluding diaryl/α,β-unsaturated/α-hetero) is 2. The van der Waals surface area contributed by atoms with Crippen LogP contribution >= 0.6 is 0 Å². The van der Waals surface area contributed by atoms with Crippen molar-refractivity contribution in [1.82, 2.24) is 10.6 Å². The lowest BCUT2D eigenvalue weighted by molar-refractivity contribution is -0.148. The summed E-state index contributed by atoms with van der Waals surface area (Å²) in [5.74, 6) is 0.453. The van der Waals surface area contributed by atoms with E-state index in [-0.39, 0.29) is 58.1 Å². The molecule has 6 atom stereocenters. The molecule has 0 spiro atoms. The number of nitrogens with one attached hydrogen (secondary N) is 2. The second kappa shape index (κ2) is 6.89. The van der Waals surface area contributed by atoms with Crippen molar-refractivity contribution < 1.29 is 19.2 Å². The average Bonchev–Trinajstić information content (AvgIpc) is 3.29. The molecule has 32 heavy (non-hydrogen) atoms. The van der Waals surface area contributed by atoms with E-state index < -0.39 is 10.8 Å². The van der Waals surface area contributed by atoms with Gasteiger partial charge in [0.05, 0.1) is 0 Å². The Morgan fingerprint density at radius 3 is 1.34 bits per heavy atom. The quantitative estimate of drug-likeness (QED) is 0.653. The summed E-state index contributed by atoms with van der Waals surface area (Å²) < 4.78 is 0. The van der Waals surface area contributed by atoms with Gasteiger partial charge in [-0.25, -0.2) is 0 Å². The van der Waals surface area contributed by atoms with Crippen LogP contribution in [0.5, 0.6) is 0 Å². The van der Waals surface area contributed by atoms with E-state index in [9.17, 15) is 19.2 Å². The highest BCUT2D eigenvalue weighted by Crippen LogP contribution is 2.65. The molecule has 2 N–H and O–H groups in total. The summed E-state index contributed by atoms with van der Waals surface area (Å²) >= 11 is 0. The first-order chi connectivity index (χ1) is 15.0. The van der Waals surface area contributed by atoms with Gasteiger partial charge in [-0.05, 0) is 61.2 Å². The highest BCUT2D eigenvalue weighted by Gasteiger charge is 2.69. The van der Waals surface area contributed by atoms with Crippen LogP contribution in [0.2, 0.25) is 0 Å². The zero-order valence-electron chi connectivity index (χ0n) is 20.0. The van der Waals surface area contributed by atoms with E-state index in [0.29, 0.717) is 25.7 Å². The van der Waals surface area contributed by atoms with Crippen molar-refractivity contribution in [2.24, 2.45) is 33.5 Å². The van der Waals surface area contributed by atoms with Crippen LogP contribution in [0.15, 0.2) is 0 Å². The van der Waals surface area contributed by atoms with Crippen LogP contribution in [-0.2, 0) is 19.2 Å². The molecule has 0 aliphatic heterocycles. The zero-order valence-corrected chi connectivity index (χ0v) is 20.0. The minimum atomic E-state index is -0.926. The minimum Gasteiger partial charge on any atom is -0.350 e. The van der Waals surface area contributed by atoms with E-state index >= 15 is 0 Å². The molecule has 0 unspecified atom stereocenters. The molecule has 5 aliphatic rings. The number of fused-ring (bicyclic) bond motifs is 4. The number of amides is 2. The topological polar surface area (TPSA) is 92.3 Å². The molecule has 6 heteroatoms. The number of rotatable bonds is 4. The van der Waals surface area contributed by atoms with E-state index in [0.717, 1.165) is 38.5 Å². The van der Waals surface area contributed by atoms with Crippen LogP contribution < -0.4 is 10.6 Å². The second-order valence-electron chi connectivity index (χ2n) is 12.4. The van der Waals surface area contributed by atoms with Gasteiger partial charge in [-0.2, -0.15) is 0 Å². The SMILES string of the molecule is CC1(C)[C@@H]2CC[C@@]1(C(=O)N[C@H]1CCCC[C@H]1NC(=O)[C@]13CC[C@H](CC1=O)C3(C)C)C(=O)C2. The third-order valence-electron chi connectivity index (χ3n) is 11.0. The molecule has 4 bridgehead atoms. The van der Waals surface area contributed by atoms with Crippen LogP contribution in [-0.4, -0.2) is 35.5 Å². The largest absolute Gasteiger partial charge is 0.350 e. The smallest absolute Gasteiger partial charge is 0.234 e. The van der Waals surface area contributed by atoms with Crippen molar-refractivity contribution in [1.29, 1.82) is 0 Å². The van der Waals surface area contributed by atoms with E-state index in [1.54, 1.807) is 0 Å². The Morgan fingerprint density at radius 1 is 0.688 bits per heavy atom. The Balaban J connectivity index is 1.34. The summed E-state index contributed by atoms with van der Waals surface area (Å²) in [6.45, 7) is 8.27. The third kappa shape index (κ3) is 2.53. The molecule has 176 valence electrons. The lowest BCUT2D eigenvalue weighted by atomic mass is 9.67. The van der Waals surface area contributed by atoms with Gasteiger partial charge in [0.25, 0.3) is 0 Å². The predicted octanol–water partition coefficient (Wildman–Crippen LogP) is 3.32. The second-order valence-corrected chi connectivity index (χ2v) is 12.4. The summed E-state index contributed by atoms with van der Waals surface area (Å²) in [6.07, 6.45) is 7.69. The zero-order chi connectivity index (χ0) is 23.1. The molecule has 0 aromatic rings. The Morgan fingerprint density at radius 2 is 1.06 bits per heavy atom. The Labute approximate surface area is 191 Å². The summed E-state index contributed by atoms with van der Waals surface area (Å²) in [5.41, 5.74) is -2.49. The number of hydrogen-bond donors (Lipinski definition) is 2. The van der Waals surface area contributed by atoms with Gasteiger partial charge in [-0.15, -0.1) is 0 Å². The van der Waals surface area contributed by atoms with Gasteiger partial charge in [0.15, 0.2) is 0 Å². The molecule has 5 aliphatic carbocycles. The van der Waals surface area contributed by atoms with Crippen LogP contribution in [0, 0.1) is 33.5 Å². The van der Waals surface area contributed by atoms with Gasteiger partial charge in [0.2, 0.25) is 11.8 Å². The molecular formula is C26H38N2O4. The van der Waals surface area contributed by atoms with E-state index in [1.165, 1.54) is 0 Å². The molecule has 6 nitrogen and oxygen atoms in total. The summed E-state index contributed by atoms with van der Waals surface area (Å²) in [6, 6.07) is -0.378. The number of carbonyl (C=O) groups excluding carboxylic acids is 4. The molecule has 5 fully saturated rings. The molecule has 2 amide bonds. The number of carbonyl (C=O) groups is 4. The molecule has 5 saturated carbocycles. The molecule has 5 rings (SSSR count). The van der Waals surface area contributed by atoms with E-state index in [4.69, 9.17) is 0 Å². The molecule has 0 radical (unpaired) electrons. The number of hydrogen-bond acceptors (Lipinski definition) is 4. The van der Waals surface area contributed by atoms with Crippen molar-refractivity contribution in [2.45, 2.75) is 104 Å². The van der Waals surface area contributed by atoms with Gasteiger partial charge in [0, 0.05) is 24.9 Å². The van der Waals surface area contributed by atoms with Crippen molar-refractivity contribution in [3.8, 4) is 0 Å². The monoisotopic (exact) mass is 442 g/mol. The lowest BCUT2D eigenvalue weighted by Crippen LogP contribution is -2.61. The maximum absolute atomic E-state index is 13.6. The lowest BCUT2D eigenvalue weighted by Gasteiger charge is -2.41. The molecule has 0 heterocycles. The van der Waals surface area contributed by atoms with Crippen molar-refractivity contribution in [3.05, 3.63) is 0 Å². The van der Waals surface area contributed by atoms with Gasteiger partial charge in [-0.3, -0.25) is 19.2 Å². The fourth-order valence-electron chi connectivity index (χ4n) is 8.48. The molecule has 0 saturated heterocycles. The first-order valence-corrected chi connectivity index (χ1v) is 12.7. The summed E-state index contributed by atoms with van der Waals surface area (Å²) in [4.78, 5) is 53.0. The van der Waals surface area contributed by atoms with Crippen LogP contribution in [0.3, 0.4) is 0 Å². The summed E-state index contributed by atoms with van der Waals surface area (Å²) in [5, 5.41) is 6.45. The summed E-state index contributed by atoms with van der Waals surface area (Å²) in [7, 11) is 0. The van der Waals surface area contributed by atoms with Crippen LogP contribution in [0.25, 0.3) is 0 Å². The Kier molecular flexibility index (Phi) is 4.76. The Hall–Kier alpha value is -1.72. The van der Waals surface area contributed by atoms with Gasteiger partial charge >= 0.3 is 0 Å². The highest BCUT2D eigenvalue weighted by molar-refractivity contribution is 6.10. The van der Waals surface area contributed by atoms with Gasteiger partial charge in [-0.1, -0.05) is 40.5 Å². The maximum atomic E-state index is 13.6. The molecular weight excluding hydrogens is 404 g/mol. The molecule has 0 aromatic heterocycles. The van der Waals surface area contributed by atoms with Crippen LogP contribution in [0.4, 0.5) is 0 Å². The first-order valence-electron chi connectivity index (χ1n) is 12.7. The average molecular weight is 443 g/mol. The first kappa shape index (κ1) is 22.1. The predicted molar refractivity (Wildman–Crippen MR) is 119 cm³/mol. The van der Waals surface area contributed by atoms with Gasteiger partial charge < -0.3 is 10.6 Å².